The Balaban J connectivity index is 1.94. The van der Waals surface area contributed by atoms with Gasteiger partial charge in [-0.2, -0.15) is 4.52 Å². The lowest BCUT2D eigenvalue weighted by molar-refractivity contribution is 0.0695. The van der Waals surface area contributed by atoms with Crippen LogP contribution in [0.5, 0.6) is 0 Å². The third-order valence-corrected chi connectivity index (χ3v) is 4.19. The van der Waals surface area contributed by atoms with E-state index in [2.05, 4.69) is 4.98 Å². The fourth-order valence-electron chi connectivity index (χ4n) is 3.00. The van der Waals surface area contributed by atoms with Crippen LogP contribution >= 0.6 is 0 Å². The first-order valence-electron chi connectivity index (χ1n) is 8.10. The van der Waals surface area contributed by atoms with Crippen LogP contribution in [0.3, 0.4) is 0 Å². The quantitative estimate of drug-likeness (QED) is 0.617. The van der Waals surface area contributed by atoms with Gasteiger partial charge >= 0.3 is 5.97 Å². The number of hydrogen-bond acceptors (Lipinski definition) is 3. The molecule has 1 N–H and O–H groups in total. The number of nitrogens with zero attached hydrogens (tertiary/aromatic N) is 3. The zero-order chi connectivity index (χ0) is 18.1. The van der Waals surface area contributed by atoms with Crippen LogP contribution < -0.4 is 5.56 Å². The molecular formula is C20H15N3O3. The van der Waals surface area contributed by atoms with E-state index >= 15 is 0 Å². The minimum atomic E-state index is -1.29. The van der Waals surface area contributed by atoms with Crippen LogP contribution in [0.4, 0.5) is 0 Å². The summed E-state index contributed by atoms with van der Waals surface area (Å²) >= 11 is 0. The summed E-state index contributed by atoms with van der Waals surface area (Å²) < 4.78 is 2.98. The first-order valence-corrected chi connectivity index (χ1v) is 8.10. The molecule has 0 saturated heterocycles. The minimum Gasteiger partial charge on any atom is -0.477 e. The van der Waals surface area contributed by atoms with E-state index in [1.54, 1.807) is 41.2 Å². The van der Waals surface area contributed by atoms with Crippen molar-refractivity contribution in [2.24, 2.45) is 0 Å². The SMILES string of the molecule is O=C(O)c1c(-c2ccccc2)nc2ccn(Cc3ccccc3)n2c1=O. The van der Waals surface area contributed by atoms with E-state index in [-0.39, 0.29) is 11.3 Å². The molecule has 2 heterocycles. The molecule has 0 radical (unpaired) electrons. The van der Waals surface area contributed by atoms with Gasteiger partial charge in [0.1, 0.15) is 0 Å². The summed E-state index contributed by atoms with van der Waals surface area (Å²) in [7, 11) is 0. The molecule has 4 rings (SSSR count). The highest BCUT2D eigenvalue weighted by Crippen LogP contribution is 2.20. The second-order valence-corrected chi connectivity index (χ2v) is 5.88. The van der Waals surface area contributed by atoms with Crippen molar-refractivity contribution in [2.75, 3.05) is 0 Å². The smallest absolute Gasteiger partial charge is 0.343 e. The molecule has 0 aliphatic heterocycles. The Hall–Kier alpha value is -3.67. The number of carboxylic acid groups (broad SMARTS) is 1. The predicted molar refractivity (Wildman–Crippen MR) is 97.4 cm³/mol. The van der Waals surface area contributed by atoms with E-state index in [1.165, 1.54) is 4.52 Å². The topological polar surface area (TPSA) is 76.6 Å². The molecule has 6 heteroatoms. The third-order valence-electron chi connectivity index (χ3n) is 4.19. The molecule has 0 fully saturated rings. The summed E-state index contributed by atoms with van der Waals surface area (Å²) in [6.45, 7) is 0.440. The van der Waals surface area contributed by atoms with Gasteiger partial charge in [0.05, 0.1) is 12.2 Å². The molecule has 6 nitrogen and oxygen atoms in total. The van der Waals surface area contributed by atoms with Gasteiger partial charge in [0.2, 0.25) is 0 Å². The van der Waals surface area contributed by atoms with E-state index in [9.17, 15) is 14.7 Å². The fraction of sp³-hybridized carbons (Fsp3) is 0.0500. The maximum Gasteiger partial charge on any atom is 0.343 e. The molecule has 0 amide bonds. The summed E-state index contributed by atoms with van der Waals surface area (Å²) in [5.74, 6) is -1.29. The molecule has 0 bridgehead atoms. The number of fused-ring (bicyclic) bond motifs is 1. The number of benzene rings is 2. The van der Waals surface area contributed by atoms with Crippen LogP contribution in [-0.2, 0) is 6.54 Å². The number of hydrogen-bond donors (Lipinski definition) is 1. The van der Waals surface area contributed by atoms with Gasteiger partial charge in [-0.1, -0.05) is 60.7 Å². The van der Waals surface area contributed by atoms with Gasteiger partial charge < -0.3 is 5.11 Å². The van der Waals surface area contributed by atoms with Gasteiger partial charge in [0.25, 0.3) is 5.56 Å². The minimum absolute atomic E-state index is 0.181. The highest BCUT2D eigenvalue weighted by Gasteiger charge is 2.21. The van der Waals surface area contributed by atoms with Crippen molar-refractivity contribution >= 4 is 11.6 Å². The molecule has 2 aromatic carbocycles. The van der Waals surface area contributed by atoms with Gasteiger partial charge in [-0.05, 0) is 5.56 Å². The molecule has 0 aliphatic rings. The molecular weight excluding hydrogens is 330 g/mol. The van der Waals surface area contributed by atoms with E-state index in [4.69, 9.17) is 0 Å². The molecule has 0 atom stereocenters. The second-order valence-electron chi connectivity index (χ2n) is 5.88. The van der Waals surface area contributed by atoms with Crippen LogP contribution in [0.2, 0.25) is 0 Å². The van der Waals surface area contributed by atoms with Crippen molar-refractivity contribution in [1.29, 1.82) is 0 Å². The van der Waals surface area contributed by atoms with Gasteiger partial charge in [0.15, 0.2) is 11.2 Å². The second kappa shape index (κ2) is 6.33. The molecule has 2 aromatic heterocycles. The normalized spacial score (nSPS) is 10.9. The molecule has 26 heavy (non-hydrogen) atoms. The van der Waals surface area contributed by atoms with Gasteiger partial charge in [-0.25, -0.2) is 9.78 Å². The number of aromatic nitrogens is 3. The fourth-order valence-corrected chi connectivity index (χ4v) is 3.00. The van der Waals surface area contributed by atoms with E-state index < -0.39 is 11.5 Å². The Morgan fingerprint density at radius 3 is 2.27 bits per heavy atom. The Bertz CT molecular complexity index is 1150. The number of rotatable bonds is 4. The average Bonchev–Trinajstić information content (AvgIpc) is 3.06. The predicted octanol–water partition coefficient (Wildman–Crippen LogP) is 2.91. The van der Waals surface area contributed by atoms with Crippen LogP contribution in [0, 0.1) is 0 Å². The summed E-state index contributed by atoms with van der Waals surface area (Å²) in [6, 6.07) is 20.2. The summed E-state index contributed by atoms with van der Waals surface area (Å²) in [4.78, 5) is 29.2. The highest BCUT2D eigenvalue weighted by molar-refractivity contribution is 5.94. The number of carboxylic acids is 1. The summed E-state index contributed by atoms with van der Waals surface area (Å²) in [5.41, 5.74) is 1.26. The lowest BCUT2D eigenvalue weighted by Gasteiger charge is -2.10. The van der Waals surface area contributed by atoms with E-state index in [0.717, 1.165) is 5.56 Å². The van der Waals surface area contributed by atoms with Gasteiger partial charge in [-0.3, -0.25) is 9.48 Å². The standard InChI is InChI=1S/C20H15N3O3/c24-19-17(20(25)26)18(15-9-5-2-6-10-15)21-16-11-12-22(23(16)19)13-14-7-3-1-4-8-14/h1-12H,13H2,(H,25,26). The van der Waals surface area contributed by atoms with Crippen LogP contribution in [0.15, 0.2) is 77.7 Å². The van der Waals surface area contributed by atoms with Crippen molar-refractivity contribution in [3.8, 4) is 11.3 Å². The van der Waals surface area contributed by atoms with E-state index in [1.807, 2.05) is 36.4 Å². The van der Waals surface area contributed by atoms with Crippen molar-refractivity contribution in [3.63, 3.8) is 0 Å². The number of aromatic carboxylic acids is 1. The first-order chi connectivity index (χ1) is 12.6. The summed E-state index contributed by atoms with van der Waals surface area (Å²) in [6.07, 6.45) is 1.73. The maximum absolute atomic E-state index is 13.0. The van der Waals surface area contributed by atoms with Crippen molar-refractivity contribution in [2.45, 2.75) is 6.54 Å². The lowest BCUT2D eigenvalue weighted by atomic mass is 10.1. The number of carbonyl (C=O) groups is 1. The Kier molecular flexibility index (Phi) is 3.85. The largest absolute Gasteiger partial charge is 0.477 e. The molecule has 0 unspecified atom stereocenters. The van der Waals surface area contributed by atoms with Gasteiger partial charge in [0, 0.05) is 17.8 Å². The molecule has 0 spiro atoms. The lowest BCUT2D eigenvalue weighted by Crippen LogP contribution is -2.28. The first kappa shape index (κ1) is 15.8. The average molecular weight is 345 g/mol. The Morgan fingerprint density at radius 2 is 1.62 bits per heavy atom. The molecule has 4 aromatic rings. The zero-order valence-electron chi connectivity index (χ0n) is 13.7. The molecule has 0 saturated carbocycles. The maximum atomic E-state index is 13.0. The van der Waals surface area contributed by atoms with Crippen molar-refractivity contribution in [1.82, 2.24) is 14.2 Å². The van der Waals surface area contributed by atoms with Gasteiger partial charge in [-0.15, -0.1) is 0 Å². The van der Waals surface area contributed by atoms with Crippen LogP contribution in [-0.4, -0.2) is 25.3 Å². The molecule has 128 valence electrons. The highest BCUT2D eigenvalue weighted by atomic mass is 16.4. The van der Waals surface area contributed by atoms with E-state index in [0.29, 0.717) is 17.8 Å². The third kappa shape index (κ3) is 2.67. The summed E-state index contributed by atoms with van der Waals surface area (Å²) in [5, 5.41) is 9.62. The Morgan fingerprint density at radius 1 is 0.962 bits per heavy atom. The molecule has 0 aliphatic carbocycles. The monoisotopic (exact) mass is 345 g/mol. The zero-order valence-corrected chi connectivity index (χ0v) is 13.7. The van der Waals surface area contributed by atoms with Crippen LogP contribution in [0.25, 0.3) is 16.9 Å². The van der Waals surface area contributed by atoms with Crippen molar-refractivity contribution in [3.05, 3.63) is 94.4 Å². The van der Waals surface area contributed by atoms with Crippen molar-refractivity contribution < 1.29 is 9.90 Å². The Labute approximate surface area is 148 Å². The van der Waals surface area contributed by atoms with Crippen LogP contribution in [0.1, 0.15) is 15.9 Å².